The van der Waals surface area contributed by atoms with Gasteiger partial charge in [-0.15, -0.1) is 0 Å². The van der Waals surface area contributed by atoms with Gasteiger partial charge < -0.3 is 10.2 Å². The van der Waals surface area contributed by atoms with E-state index in [4.69, 9.17) is 0 Å². The quantitative estimate of drug-likeness (QED) is 0.930. The number of para-hydroxylation sites is 1. The van der Waals surface area contributed by atoms with Gasteiger partial charge in [-0.1, -0.05) is 30.3 Å². The number of nitrogens with one attached hydrogen (secondary N) is 1. The minimum absolute atomic E-state index is 0.337. The van der Waals surface area contributed by atoms with Crippen molar-refractivity contribution in [2.45, 2.75) is 6.18 Å². The van der Waals surface area contributed by atoms with E-state index in [1.165, 1.54) is 25.2 Å². The van der Waals surface area contributed by atoms with E-state index in [0.717, 1.165) is 11.0 Å². The molecule has 0 saturated carbocycles. The van der Waals surface area contributed by atoms with E-state index in [1.54, 1.807) is 30.3 Å². The van der Waals surface area contributed by atoms with Crippen molar-refractivity contribution in [3.8, 4) is 0 Å². The van der Waals surface area contributed by atoms with Crippen molar-refractivity contribution in [3.63, 3.8) is 0 Å². The first-order valence-electron chi connectivity index (χ1n) is 7.05. The Morgan fingerprint density at radius 3 is 2.21 bits per heavy atom. The second-order valence-electron chi connectivity index (χ2n) is 5.12. The molecule has 2 aromatic rings. The molecule has 0 unspecified atom stereocenters. The van der Waals surface area contributed by atoms with Crippen LogP contribution in [-0.4, -0.2) is 30.3 Å². The number of halogens is 3. The summed E-state index contributed by atoms with van der Waals surface area (Å²) in [5, 5.41) is 2.20. The molecule has 0 bridgehead atoms. The van der Waals surface area contributed by atoms with Crippen LogP contribution >= 0.6 is 0 Å². The van der Waals surface area contributed by atoms with Crippen molar-refractivity contribution in [2.24, 2.45) is 0 Å². The number of amides is 2. The standard InChI is InChI=1S/C17H15F3N2O2/c1-22(16(24)12-7-3-2-4-8-12)11-15(23)21-14-10-6-5-9-13(14)17(18,19)20/h2-10H,11H2,1H3,(H,21,23). The summed E-state index contributed by atoms with van der Waals surface area (Å²) in [7, 11) is 1.41. The highest BCUT2D eigenvalue weighted by atomic mass is 19.4. The van der Waals surface area contributed by atoms with Crippen LogP contribution in [0.3, 0.4) is 0 Å². The Bertz CT molecular complexity index is 730. The highest BCUT2D eigenvalue weighted by molar-refractivity contribution is 5.99. The van der Waals surface area contributed by atoms with Crippen LogP contribution in [-0.2, 0) is 11.0 Å². The molecule has 24 heavy (non-hydrogen) atoms. The van der Waals surface area contributed by atoms with Crippen LogP contribution in [0.2, 0.25) is 0 Å². The predicted octanol–water partition coefficient (Wildman–Crippen LogP) is 3.42. The summed E-state index contributed by atoms with van der Waals surface area (Å²) in [6, 6.07) is 13.0. The maximum Gasteiger partial charge on any atom is 0.418 e. The SMILES string of the molecule is CN(CC(=O)Nc1ccccc1C(F)(F)F)C(=O)c1ccccc1. The van der Waals surface area contributed by atoms with Crippen molar-refractivity contribution in [2.75, 3.05) is 18.9 Å². The molecule has 7 heteroatoms. The Morgan fingerprint density at radius 1 is 1.00 bits per heavy atom. The lowest BCUT2D eigenvalue weighted by Crippen LogP contribution is -2.35. The molecular formula is C17H15F3N2O2. The maximum atomic E-state index is 12.9. The van der Waals surface area contributed by atoms with Gasteiger partial charge in [0.2, 0.25) is 5.91 Å². The van der Waals surface area contributed by atoms with E-state index in [9.17, 15) is 22.8 Å². The van der Waals surface area contributed by atoms with Crippen LogP contribution in [0.15, 0.2) is 54.6 Å². The van der Waals surface area contributed by atoms with Crippen LogP contribution in [0.4, 0.5) is 18.9 Å². The van der Waals surface area contributed by atoms with Crippen molar-refractivity contribution >= 4 is 17.5 Å². The van der Waals surface area contributed by atoms with Gasteiger partial charge in [0, 0.05) is 12.6 Å². The lowest BCUT2D eigenvalue weighted by Gasteiger charge is -2.18. The highest BCUT2D eigenvalue weighted by Crippen LogP contribution is 2.34. The van der Waals surface area contributed by atoms with Crippen LogP contribution in [0.1, 0.15) is 15.9 Å². The Balaban J connectivity index is 2.05. The molecule has 0 spiro atoms. The first-order valence-corrected chi connectivity index (χ1v) is 7.05. The van der Waals surface area contributed by atoms with E-state index in [0.29, 0.717) is 5.56 Å². The molecule has 0 radical (unpaired) electrons. The highest BCUT2D eigenvalue weighted by Gasteiger charge is 2.33. The van der Waals surface area contributed by atoms with Crippen molar-refractivity contribution in [1.29, 1.82) is 0 Å². The number of likely N-dealkylation sites (N-methyl/N-ethyl adjacent to an activating group) is 1. The van der Waals surface area contributed by atoms with Gasteiger partial charge in [-0.2, -0.15) is 13.2 Å². The maximum absolute atomic E-state index is 12.9. The minimum Gasteiger partial charge on any atom is -0.332 e. The van der Waals surface area contributed by atoms with Crippen LogP contribution in [0.5, 0.6) is 0 Å². The summed E-state index contributed by atoms with van der Waals surface area (Å²) < 4.78 is 38.7. The van der Waals surface area contributed by atoms with E-state index in [2.05, 4.69) is 5.32 Å². The van der Waals surface area contributed by atoms with Gasteiger partial charge in [0.25, 0.3) is 5.91 Å². The molecule has 0 atom stereocenters. The van der Waals surface area contributed by atoms with E-state index in [1.807, 2.05) is 0 Å². The van der Waals surface area contributed by atoms with Crippen molar-refractivity contribution in [1.82, 2.24) is 4.90 Å². The van der Waals surface area contributed by atoms with Gasteiger partial charge >= 0.3 is 6.18 Å². The average molecular weight is 336 g/mol. The van der Waals surface area contributed by atoms with Gasteiger partial charge in [0.05, 0.1) is 17.8 Å². The molecule has 0 aliphatic rings. The molecule has 0 fully saturated rings. The Hall–Kier alpha value is -2.83. The molecule has 0 heterocycles. The third kappa shape index (κ3) is 4.34. The van der Waals surface area contributed by atoms with Crippen LogP contribution in [0.25, 0.3) is 0 Å². The number of carbonyl (C=O) groups excluding carboxylic acids is 2. The molecule has 0 saturated heterocycles. The molecule has 1 N–H and O–H groups in total. The van der Waals surface area contributed by atoms with Gasteiger partial charge in [0.15, 0.2) is 0 Å². The zero-order valence-corrected chi connectivity index (χ0v) is 12.8. The molecule has 0 aliphatic carbocycles. The number of nitrogens with zero attached hydrogens (tertiary/aromatic N) is 1. The fourth-order valence-electron chi connectivity index (χ4n) is 2.12. The van der Waals surface area contributed by atoms with E-state index < -0.39 is 23.6 Å². The second-order valence-corrected chi connectivity index (χ2v) is 5.12. The number of hydrogen-bond acceptors (Lipinski definition) is 2. The van der Waals surface area contributed by atoms with Gasteiger partial charge in [-0.3, -0.25) is 9.59 Å². The number of hydrogen-bond donors (Lipinski definition) is 1. The Labute approximate surface area is 136 Å². The molecule has 0 aromatic heterocycles. The summed E-state index contributed by atoms with van der Waals surface area (Å²) in [4.78, 5) is 25.2. The fraction of sp³-hybridized carbons (Fsp3) is 0.176. The van der Waals surface area contributed by atoms with Crippen LogP contribution < -0.4 is 5.32 Å². The predicted molar refractivity (Wildman–Crippen MR) is 83.5 cm³/mol. The monoisotopic (exact) mass is 336 g/mol. The van der Waals surface area contributed by atoms with E-state index in [-0.39, 0.29) is 12.2 Å². The number of anilines is 1. The van der Waals surface area contributed by atoms with Gasteiger partial charge in [-0.25, -0.2) is 0 Å². The number of alkyl halides is 3. The zero-order valence-electron chi connectivity index (χ0n) is 12.8. The lowest BCUT2D eigenvalue weighted by atomic mass is 10.1. The molecular weight excluding hydrogens is 321 g/mol. The molecule has 0 aliphatic heterocycles. The summed E-state index contributed by atoms with van der Waals surface area (Å²) >= 11 is 0. The first kappa shape index (κ1) is 17.5. The largest absolute Gasteiger partial charge is 0.418 e. The topological polar surface area (TPSA) is 49.4 Å². The average Bonchev–Trinajstić information content (AvgIpc) is 2.54. The summed E-state index contributed by atoms with van der Waals surface area (Å²) in [6.45, 7) is -0.361. The third-order valence-corrected chi connectivity index (χ3v) is 3.25. The molecule has 2 amide bonds. The lowest BCUT2D eigenvalue weighted by molar-refractivity contribution is -0.137. The first-order chi connectivity index (χ1) is 11.3. The smallest absolute Gasteiger partial charge is 0.332 e. The molecule has 4 nitrogen and oxygen atoms in total. The Kier molecular flexibility index (Phi) is 5.23. The summed E-state index contributed by atoms with van der Waals surface area (Å²) in [5.41, 5.74) is -0.880. The van der Waals surface area contributed by atoms with Gasteiger partial charge in [0.1, 0.15) is 0 Å². The molecule has 126 valence electrons. The van der Waals surface area contributed by atoms with E-state index >= 15 is 0 Å². The molecule has 2 aromatic carbocycles. The normalized spacial score (nSPS) is 11.0. The summed E-state index contributed by atoms with van der Waals surface area (Å²) in [5.74, 6) is -1.10. The number of carbonyl (C=O) groups is 2. The van der Waals surface area contributed by atoms with Gasteiger partial charge in [-0.05, 0) is 24.3 Å². The van der Waals surface area contributed by atoms with Crippen molar-refractivity contribution in [3.05, 3.63) is 65.7 Å². The Morgan fingerprint density at radius 2 is 1.58 bits per heavy atom. The minimum atomic E-state index is -4.57. The summed E-state index contributed by atoms with van der Waals surface area (Å²) in [6.07, 6.45) is -4.57. The van der Waals surface area contributed by atoms with Crippen LogP contribution in [0, 0.1) is 0 Å². The third-order valence-electron chi connectivity index (χ3n) is 3.25. The fourth-order valence-corrected chi connectivity index (χ4v) is 2.12. The second kappa shape index (κ2) is 7.16. The molecule has 2 rings (SSSR count). The van der Waals surface area contributed by atoms with Crippen molar-refractivity contribution < 1.29 is 22.8 Å². The number of rotatable bonds is 4. The number of benzene rings is 2. The zero-order chi connectivity index (χ0) is 17.7.